The third kappa shape index (κ3) is 4.21. The van der Waals surface area contributed by atoms with Gasteiger partial charge in [0.05, 0.1) is 16.6 Å². The molecule has 0 bridgehead atoms. The van der Waals surface area contributed by atoms with Crippen molar-refractivity contribution in [1.29, 1.82) is 0 Å². The number of aromatic nitrogens is 3. The normalized spacial score (nSPS) is 15.5. The summed E-state index contributed by atoms with van der Waals surface area (Å²) in [6, 6.07) is 5.03. The number of sulfone groups is 1. The standard InChI is InChI=1S/C23H28N4O3S/c1-15(2)21-22(31(29,30)18-7-5-4-6-8-18)19(13-16(3)25-21)26-23(28)17-9-11-27-12-10-24-20(27)14-17/h9-15,18H,4-8H2,1-3H3,(H,25,26,28). The van der Waals surface area contributed by atoms with Crippen molar-refractivity contribution in [3.8, 4) is 0 Å². The van der Waals surface area contributed by atoms with Crippen LogP contribution in [0.3, 0.4) is 0 Å². The maximum absolute atomic E-state index is 13.7. The van der Waals surface area contributed by atoms with E-state index in [4.69, 9.17) is 0 Å². The van der Waals surface area contributed by atoms with Crippen molar-refractivity contribution in [3.05, 3.63) is 53.7 Å². The molecule has 1 aliphatic rings. The van der Waals surface area contributed by atoms with Gasteiger partial charge in [0.25, 0.3) is 5.91 Å². The van der Waals surface area contributed by atoms with Crippen molar-refractivity contribution in [2.75, 3.05) is 5.32 Å². The molecule has 1 saturated carbocycles. The number of carbonyl (C=O) groups is 1. The van der Waals surface area contributed by atoms with Gasteiger partial charge in [0, 0.05) is 29.8 Å². The molecule has 164 valence electrons. The number of nitrogens with zero attached hydrogens (tertiary/aromatic N) is 3. The number of anilines is 1. The van der Waals surface area contributed by atoms with E-state index in [1.807, 2.05) is 25.2 Å². The van der Waals surface area contributed by atoms with E-state index in [1.54, 1.807) is 36.8 Å². The molecule has 1 aliphatic carbocycles. The van der Waals surface area contributed by atoms with E-state index >= 15 is 0 Å². The second-order valence-electron chi connectivity index (χ2n) is 8.55. The first-order chi connectivity index (χ1) is 14.8. The molecule has 7 nitrogen and oxygen atoms in total. The van der Waals surface area contributed by atoms with E-state index < -0.39 is 15.1 Å². The van der Waals surface area contributed by atoms with E-state index in [2.05, 4.69) is 15.3 Å². The van der Waals surface area contributed by atoms with Crippen molar-refractivity contribution in [2.24, 2.45) is 0 Å². The summed E-state index contributed by atoms with van der Waals surface area (Å²) in [6.45, 7) is 5.67. The maximum Gasteiger partial charge on any atom is 0.255 e. The quantitative estimate of drug-likeness (QED) is 0.630. The molecule has 3 aromatic heterocycles. The van der Waals surface area contributed by atoms with Crippen molar-refractivity contribution >= 4 is 27.1 Å². The molecular weight excluding hydrogens is 412 g/mol. The van der Waals surface area contributed by atoms with Crippen LogP contribution < -0.4 is 5.32 Å². The van der Waals surface area contributed by atoms with Crippen LogP contribution in [0.1, 0.15) is 73.6 Å². The van der Waals surface area contributed by atoms with E-state index in [9.17, 15) is 13.2 Å². The molecule has 31 heavy (non-hydrogen) atoms. The van der Waals surface area contributed by atoms with Gasteiger partial charge in [-0.3, -0.25) is 9.78 Å². The Morgan fingerprint density at radius 3 is 2.61 bits per heavy atom. The zero-order valence-electron chi connectivity index (χ0n) is 18.1. The molecule has 3 aromatic rings. The number of imidazole rings is 1. The Labute approximate surface area is 182 Å². The van der Waals surface area contributed by atoms with E-state index in [1.165, 1.54) is 0 Å². The first kappa shape index (κ1) is 21.5. The second-order valence-corrected chi connectivity index (χ2v) is 10.7. The molecule has 0 saturated heterocycles. The van der Waals surface area contributed by atoms with Crippen LogP contribution in [0, 0.1) is 6.92 Å². The van der Waals surface area contributed by atoms with Crippen LogP contribution in [0.25, 0.3) is 5.65 Å². The summed E-state index contributed by atoms with van der Waals surface area (Å²) in [5, 5.41) is 2.44. The molecule has 4 rings (SSSR count). The van der Waals surface area contributed by atoms with E-state index in [0.717, 1.165) is 19.3 Å². The highest BCUT2D eigenvalue weighted by atomic mass is 32.2. The van der Waals surface area contributed by atoms with Crippen molar-refractivity contribution in [1.82, 2.24) is 14.4 Å². The van der Waals surface area contributed by atoms with Gasteiger partial charge in [-0.1, -0.05) is 33.1 Å². The average Bonchev–Trinajstić information content (AvgIpc) is 3.21. The summed E-state index contributed by atoms with van der Waals surface area (Å²) in [5.41, 5.74) is 2.57. The molecule has 0 unspecified atom stereocenters. The number of carbonyl (C=O) groups excluding carboxylic acids is 1. The van der Waals surface area contributed by atoms with Crippen LogP contribution in [0.15, 0.2) is 41.7 Å². The zero-order valence-corrected chi connectivity index (χ0v) is 18.9. The first-order valence-corrected chi connectivity index (χ1v) is 12.3. The number of hydrogen-bond donors (Lipinski definition) is 1. The topological polar surface area (TPSA) is 93.4 Å². The fourth-order valence-corrected chi connectivity index (χ4v) is 6.53. The molecule has 0 radical (unpaired) electrons. The summed E-state index contributed by atoms with van der Waals surface area (Å²) >= 11 is 0. The highest BCUT2D eigenvalue weighted by Gasteiger charge is 2.35. The number of rotatable bonds is 5. The van der Waals surface area contributed by atoms with Crippen LogP contribution in [0.2, 0.25) is 0 Å². The lowest BCUT2D eigenvalue weighted by Gasteiger charge is -2.25. The maximum atomic E-state index is 13.7. The van der Waals surface area contributed by atoms with Crippen LogP contribution >= 0.6 is 0 Å². The summed E-state index contributed by atoms with van der Waals surface area (Å²) in [7, 11) is -3.63. The Bertz CT molecular complexity index is 1220. The van der Waals surface area contributed by atoms with Gasteiger partial charge in [0.15, 0.2) is 9.84 Å². The fourth-order valence-electron chi connectivity index (χ4n) is 4.26. The Morgan fingerprint density at radius 1 is 1.16 bits per heavy atom. The molecule has 0 aliphatic heterocycles. The van der Waals surface area contributed by atoms with Crippen molar-refractivity contribution in [3.63, 3.8) is 0 Å². The third-order valence-corrected chi connectivity index (χ3v) is 8.21. The minimum Gasteiger partial charge on any atom is -0.321 e. The van der Waals surface area contributed by atoms with Crippen LogP contribution in [-0.4, -0.2) is 33.9 Å². The monoisotopic (exact) mass is 440 g/mol. The van der Waals surface area contributed by atoms with Crippen molar-refractivity contribution < 1.29 is 13.2 Å². The lowest BCUT2D eigenvalue weighted by molar-refractivity contribution is 0.102. The molecule has 3 heterocycles. The number of pyridine rings is 2. The van der Waals surface area contributed by atoms with Gasteiger partial charge >= 0.3 is 0 Å². The number of hydrogen-bond acceptors (Lipinski definition) is 5. The Kier molecular flexibility index (Phi) is 5.83. The van der Waals surface area contributed by atoms with E-state index in [-0.39, 0.29) is 16.7 Å². The van der Waals surface area contributed by atoms with Gasteiger partial charge in [0.2, 0.25) is 0 Å². The smallest absolute Gasteiger partial charge is 0.255 e. The Balaban J connectivity index is 1.78. The third-order valence-electron chi connectivity index (χ3n) is 5.86. The minimum absolute atomic E-state index is 0.0924. The minimum atomic E-state index is -3.63. The molecule has 0 spiro atoms. The van der Waals surface area contributed by atoms with Gasteiger partial charge in [-0.15, -0.1) is 0 Å². The molecule has 0 aromatic carbocycles. The lowest BCUT2D eigenvalue weighted by Crippen LogP contribution is -2.27. The second kappa shape index (κ2) is 8.42. The molecule has 1 amide bonds. The summed E-state index contributed by atoms with van der Waals surface area (Å²) < 4.78 is 29.2. The van der Waals surface area contributed by atoms with Gasteiger partial charge in [-0.25, -0.2) is 13.4 Å². The Hall–Kier alpha value is -2.74. The van der Waals surface area contributed by atoms with Gasteiger partial charge in [0.1, 0.15) is 10.5 Å². The van der Waals surface area contributed by atoms with Crippen LogP contribution in [0.4, 0.5) is 5.69 Å². The molecular formula is C23H28N4O3S. The highest BCUT2D eigenvalue weighted by Crippen LogP contribution is 2.37. The summed E-state index contributed by atoms with van der Waals surface area (Å²) in [5.74, 6) is -0.462. The predicted octanol–water partition coefficient (Wildman–Crippen LogP) is 4.52. The molecule has 1 N–H and O–H groups in total. The number of fused-ring (bicyclic) bond motifs is 1. The van der Waals surface area contributed by atoms with Gasteiger partial charge in [-0.2, -0.15) is 0 Å². The molecule has 0 atom stereocenters. The van der Waals surface area contributed by atoms with E-state index in [0.29, 0.717) is 41.1 Å². The highest BCUT2D eigenvalue weighted by molar-refractivity contribution is 7.92. The number of aryl methyl sites for hydroxylation is 1. The Morgan fingerprint density at radius 2 is 1.90 bits per heavy atom. The van der Waals surface area contributed by atoms with Gasteiger partial charge in [-0.05, 0) is 43.9 Å². The summed E-state index contributed by atoms with van der Waals surface area (Å²) in [4.78, 5) is 22.0. The predicted molar refractivity (Wildman–Crippen MR) is 120 cm³/mol. The van der Waals surface area contributed by atoms with Crippen molar-refractivity contribution in [2.45, 2.75) is 68.9 Å². The fraction of sp³-hybridized carbons (Fsp3) is 0.435. The molecule has 8 heteroatoms. The lowest BCUT2D eigenvalue weighted by atomic mass is 10.0. The van der Waals surface area contributed by atoms with Gasteiger partial charge < -0.3 is 9.72 Å². The van der Waals surface area contributed by atoms with Crippen LogP contribution in [-0.2, 0) is 9.84 Å². The zero-order chi connectivity index (χ0) is 22.2. The molecule has 1 fully saturated rings. The average molecular weight is 441 g/mol. The SMILES string of the molecule is Cc1cc(NC(=O)c2ccn3ccnc3c2)c(S(=O)(=O)C2CCCCC2)c(C(C)C)n1. The van der Waals surface area contributed by atoms with Crippen LogP contribution in [0.5, 0.6) is 0 Å². The number of nitrogens with one attached hydrogen (secondary N) is 1. The number of amides is 1. The largest absolute Gasteiger partial charge is 0.321 e. The summed E-state index contributed by atoms with van der Waals surface area (Å²) in [6.07, 6.45) is 9.40. The first-order valence-electron chi connectivity index (χ1n) is 10.8.